The minimum Gasteiger partial charge on any atom is -0.490 e. The Bertz CT molecular complexity index is 1670. The first-order valence-corrected chi connectivity index (χ1v) is 12.8. The lowest BCUT2D eigenvalue weighted by Crippen LogP contribution is -2.54. The molecular formula is C26H18BrClN4O9. The molecule has 4 amide bonds. The summed E-state index contributed by atoms with van der Waals surface area (Å²) in [6.45, 7) is 3.56. The van der Waals surface area contributed by atoms with Gasteiger partial charge in [0.2, 0.25) is 5.75 Å². The first-order chi connectivity index (χ1) is 19.4. The van der Waals surface area contributed by atoms with Gasteiger partial charge in [-0.3, -0.25) is 35.1 Å². The Hall–Kier alpha value is -4.82. The van der Waals surface area contributed by atoms with E-state index in [-0.39, 0.29) is 45.2 Å². The highest BCUT2D eigenvalue weighted by Gasteiger charge is 2.37. The molecule has 0 aliphatic carbocycles. The fourth-order valence-corrected chi connectivity index (χ4v) is 4.49. The summed E-state index contributed by atoms with van der Waals surface area (Å²) in [5.74, 6) is -2.04. The van der Waals surface area contributed by atoms with Crippen molar-refractivity contribution in [2.75, 3.05) is 11.5 Å². The van der Waals surface area contributed by atoms with Crippen LogP contribution in [-0.4, -0.2) is 34.3 Å². The van der Waals surface area contributed by atoms with E-state index in [1.54, 1.807) is 19.9 Å². The molecule has 4 rings (SSSR count). The third-order valence-corrected chi connectivity index (χ3v) is 6.72. The first kappa shape index (κ1) is 29.2. The second kappa shape index (κ2) is 11.7. The van der Waals surface area contributed by atoms with E-state index < -0.39 is 39.1 Å². The number of non-ortho nitro benzene ring substituents is 1. The van der Waals surface area contributed by atoms with Gasteiger partial charge in [0.05, 0.1) is 32.7 Å². The van der Waals surface area contributed by atoms with Crippen molar-refractivity contribution in [1.29, 1.82) is 0 Å². The number of halogens is 2. The Balaban J connectivity index is 1.74. The molecule has 0 spiro atoms. The Morgan fingerprint density at radius 1 is 1.02 bits per heavy atom. The van der Waals surface area contributed by atoms with Crippen LogP contribution in [-0.2, 0) is 9.59 Å². The first-order valence-electron chi connectivity index (χ1n) is 11.7. The van der Waals surface area contributed by atoms with Crippen LogP contribution in [0, 0.1) is 27.2 Å². The molecule has 1 heterocycles. The van der Waals surface area contributed by atoms with Gasteiger partial charge in [-0.15, -0.1) is 0 Å². The van der Waals surface area contributed by atoms with Gasteiger partial charge >= 0.3 is 11.7 Å². The summed E-state index contributed by atoms with van der Waals surface area (Å²) in [7, 11) is 0. The maximum Gasteiger partial charge on any atom is 0.335 e. The number of amides is 4. The van der Waals surface area contributed by atoms with Gasteiger partial charge in [0.15, 0.2) is 11.5 Å². The number of urea groups is 1. The highest BCUT2D eigenvalue weighted by Crippen LogP contribution is 2.43. The highest BCUT2D eigenvalue weighted by molar-refractivity contribution is 9.10. The Labute approximate surface area is 244 Å². The van der Waals surface area contributed by atoms with Crippen LogP contribution in [0.4, 0.5) is 21.9 Å². The number of hydrogen-bond donors (Lipinski definition) is 1. The number of nitrogens with zero attached hydrogens (tertiary/aromatic N) is 3. The van der Waals surface area contributed by atoms with Crippen LogP contribution in [0.25, 0.3) is 6.08 Å². The Kier molecular flexibility index (Phi) is 8.35. The molecule has 0 radical (unpaired) electrons. The number of nitro groups is 2. The number of anilines is 1. The third-order valence-electron chi connectivity index (χ3n) is 5.72. The second-order valence-electron chi connectivity index (χ2n) is 8.42. The summed E-state index contributed by atoms with van der Waals surface area (Å²) in [4.78, 5) is 60.3. The maximum atomic E-state index is 13.3. The van der Waals surface area contributed by atoms with Crippen molar-refractivity contribution in [1.82, 2.24) is 5.32 Å². The van der Waals surface area contributed by atoms with Gasteiger partial charge in [-0.1, -0.05) is 17.7 Å². The molecule has 0 bridgehead atoms. The van der Waals surface area contributed by atoms with E-state index in [1.165, 1.54) is 30.3 Å². The summed E-state index contributed by atoms with van der Waals surface area (Å²) in [5.41, 5.74) is -0.347. The van der Waals surface area contributed by atoms with Gasteiger partial charge in [-0.2, -0.15) is 0 Å². The molecule has 0 aromatic heterocycles. The fourth-order valence-electron chi connectivity index (χ4n) is 3.77. The number of aryl methyl sites for hydroxylation is 1. The van der Waals surface area contributed by atoms with Crippen LogP contribution in [0.2, 0.25) is 5.02 Å². The van der Waals surface area contributed by atoms with Crippen LogP contribution < -0.4 is 19.7 Å². The van der Waals surface area contributed by atoms with E-state index in [4.69, 9.17) is 21.1 Å². The lowest BCUT2D eigenvalue weighted by molar-refractivity contribution is -0.394. The standard InChI is InChI=1S/C26H18BrClN4O9/c1-3-40-22-10-14(9-18(27)23(22)41-21-7-6-16(31(36)37)12-20(21)32(38)39)8-17-24(33)29-26(35)30(25(17)34)15-5-4-13(2)19(28)11-15/h4-12H,3H2,1-2H3,(H,29,33,35)/b17-8+. The number of nitrogens with one attached hydrogen (secondary N) is 1. The van der Waals surface area contributed by atoms with E-state index in [0.29, 0.717) is 5.02 Å². The smallest absolute Gasteiger partial charge is 0.335 e. The number of carbonyl (C=O) groups excluding carboxylic acids is 3. The molecule has 0 saturated carbocycles. The number of hydrogen-bond acceptors (Lipinski definition) is 9. The van der Waals surface area contributed by atoms with Crippen molar-refractivity contribution in [3.63, 3.8) is 0 Å². The monoisotopic (exact) mass is 644 g/mol. The zero-order chi connectivity index (χ0) is 30.0. The minimum absolute atomic E-state index is 0.00326. The van der Waals surface area contributed by atoms with Crippen molar-refractivity contribution in [2.45, 2.75) is 13.8 Å². The molecule has 1 saturated heterocycles. The van der Waals surface area contributed by atoms with E-state index in [9.17, 15) is 34.6 Å². The average molecular weight is 646 g/mol. The lowest BCUT2D eigenvalue weighted by Gasteiger charge is -2.26. The summed E-state index contributed by atoms with van der Waals surface area (Å²) in [6.07, 6.45) is 1.23. The van der Waals surface area contributed by atoms with Crippen molar-refractivity contribution in [3.8, 4) is 17.2 Å². The van der Waals surface area contributed by atoms with E-state index in [2.05, 4.69) is 21.2 Å². The number of carbonyl (C=O) groups is 3. The van der Waals surface area contributed by atoms with E-state index in [1.807, 2.05) is 0 Å². The van der Waals surface area contributed by atoms with Crippen molar-refractivity contribution in [2.24, 2.45) is 0 Å². The molecule has 1 N–H and O–H groups in total. The number of rotatable bonds is 8. The molecule has 0 unspecified atom stereocenters. The third kappa shape index (κ3) is 6.02. The predicted molar refractivity (Wildman–Crippen MR) is 150 cm³/mol. The van der Waals surface area contributed by atoms with Gasteiger partial charge in [0.1, 0.15) is 5.57 Å². The number of nitro benzene ring substituents is 2. The van der Waals surface area contributed by atoms with Crippen LogP contribution in [0.15, 0.2) is 58.6 Å². The normalized spacial score (nSPS) is 14.2. The number of benzene rings is 3. The topological polar surface area (TPSA) is 171 Å². The van der Waals surface area contributed by atoms with Gasteiger partial charge in [-0.25, -0.2) is 9.69 Å². The number of imide groups is 2. The van der Waals surface area contributed by atoms with E-state index in [0.717, 1.165) is 28.7 Å². The molecule has 3 aromatic rings. The Morgan fingerprint density at radius 2 is 1.76 bits per heavy atom. The molecule has 41 heavy (non-hydrogen) atoms. The highest BCUT2D eigenvalue weighted by atomic mass is 79.9. The molecule has 1 aliphatic rings. The van der Waals surface area contributed by atoms with Gasteiger partial charge in [-0.05, 0) is 77.3 Å². The molecule has 210 valence electrons. The molecule has 0 atom stereocenters. The predicted octanol–water partition coefficient (Wildman–Crippen LogP) is 6.08. The van der Waals surface area contributed by atoms with E-state index >= 15 is 0 Å². The van der Waals surface area contributed by atoms with Gasteiger partial charge < -0.3 is 9.47 Å². The maximum absolute atomic E-state index is 13.3. The molecular weight excluding hydrogens is 628 g/mol. The summed E-state index contributed by atoms with van der Waals surface area (Å²) < 4.78 is 11.6. The van der Waals surface area contributed by atoms with Gasteiger partial charge in [0, 0.05) is 11.1 Å². The van der Waals surface area contributed by atoms with Crippen molar-refractivity contribution >= 4 is 68.5 Å². The van der Waals surface area contributed by atoms with Crippen molar-refractivity contribution < 1.29 is 33.7 Å². The molecule has 3 aromatic carbocycles. The summed E-state index contributed by atoms with van der Waals surface area (Å²) in [6, 6.07) is 9.39. The average Bonchev–Trinajstić information content (AvgIpc) is 2.90. The summed E-state index contributed by atoms with van der Waals surface area (Å²) in [5, 5.41) is 25.1. The van der Waals surface area contributed by atoms with Crippen LogP contribution in [0.3, 0.4) is 0 Å². The second-order valence-corrected chi connectivity index (χ2v) is 9.68. The zero-order valence-corrected chi connectivity index (χ0v) is 23.5. The zero-order valence-electron chi connectivity index (χ0n) is 21.2. The van der Waals surface area contributed by atoms with Crippen LogP contribution in [0.5, 0.6) is 17.2 Å². The lowest BCUT2D eigenvalue weighted by atomic mass is 10.1. The van der Waals surface area contributed by atoms with Crippen LogP contribution in [0.1, 0.15) is 18.1 Å². The largest absolute Gasteiger partial charge is 0.490 e. The molecule has 13 nitrogen and oxygen atoms in total. The SMILES string of the molecule is CCOc1cc(/C=C2\C(=O)NC(=O)N(c3ccc(C)c(Cl)c3)C2=O)cc(Br)c1Oc1ccc([N+](=O)[O-])cc1[N+](=O)[O-]. The van der Waals surface area contributed by atoms with Crippen LogP contribution >= 0.6 is 27.5 Å². The van der Waals surface area contributed by atoms with Gasteiger partial charge in [0.25, 0.3) is 17.5 Å². The Morgan fingerprint density at radius 3 is 2.39 bits per heavy atom. The molecule has 15 heteroatoms. The molecule has 1 aliphatic heterocycles. The quantitative estimate of drug-likeness (QED) is 0.132. The number of ether oxygens (including phenoxy) is 2. The number of barbiturate groups is 1. The van der Waals surface area contributed by atoms with Crippen molar-refractivity contribution in [3.05, 3.63) is 95.0 Å². The summed E-state index contributed by atoms with van der Waals surface area (Å²) >= 11 is 9.48. The fraction of sp³-hybridized carbons (Fsp3) is 0.115. The molecule has 1 fully saturated rings. The minimum atomic E-state index is -0.943.